The van der Waals surface area contributed by atoms with Crippen LogP contribution >= 0.6 is 0 Å². The molecule has 25 heavy (non-hydrogen) atoms. The lowest BCUT2D eigenvalue weighted by Crippen LogP contribution is -2.54. The van der Waals surface area contributed by atoms with Gasteiger partial charge in [0.1, 0.15) is 6.04 Å². The van der Waals surface area contributed by atoms with Crippen LogP contribution in [0, 0.1) is 0 Å². The molecule has 1 amide bonds. The second-order valence-corrected chi connectivity index (χ2v) is 8.84. The number of carbonyl (C=O) groups is 1. The third-order valence-electron chi connectivity index (χ3n) is 5.15. The number of amides is 1. The second kappa shape index (κ2) is 7.85. The minimum atomic E-state index is -3.67. The van der Waals surface area contributed by atoms with Gasteiger partial charge in [0.2, 0.25) is 15.9 Å². The number of benzene rings is 1. The number of hydrogen-bond donors (Lipinski definition) is 2. The van der Waals surface area contributed by atoms with Gasteiger partial charge in [-0.25, -0.2) is 8.42 Å². The fraction of sp³-hybridized carbons (Fsp3) is 0.611. The lowest BCUT2D eigenvalue weighted by molar-refractivity contribution is -0.126. The molecule has 2 aliphatic rings. The maximum Gasteiger partial charge on any atom is 0.243 e. The Labute approximate surface area is 149 Å². The first-order valence-corrected chi connectivity index (χ1v) is 10.5. The molecule has 7 heteroatoms. The molecule has 1 atom stereocenters. The predicted molar refractivity (Wildman–Crippen MR) is 94.4 cm³/mol. The van der Waals surface area contributed by atoms with E-state index in [4.69, 9.17) is 0 Å². The van der Waals surface area contributed by atoms with Gasteiger partial charge in [0.25, 0.3) is 0 Å². The third-order valence-corrected chi connectivity index (χ3v) is 7.07. The number of carbonyl (C=O) groups excluding carboxylic acids is 1. The molecule has 1 aliphatic carbocycles. The van der Waals surface area contributed by atoms with Crippen molar-refractivity contribution >= 4 is 15.9 Å². The van der Waals surface area contributed by atoms with Crippen molar-refractivity contribution in [3.8, 4) is 0 Å². The summed E-state index contributed by atoms with van der Waals surface area (Å²) in [6, 6.07) is 7.68. The van der Waals surface area contributed by atoms with Gasteiger partial charge in [-0.1, -0.05) is 24.6 Å². The van der Waals surface area contributed by atoms with Crippen LogP contribution in [0.3, 0.4) is 0 Å². The topological polar surface area (TPSA) is 86.7 Å². The normalized spacial score (nSPS) is 28.4. The van der Waals surface area contributed by atoms with E-state index < -0.39 is 16.1 Å². The molecule has 0 spiro atoms. The molecule has 0 aromatic heterocycles. The summed E-state index contributed by atoms with van der Waals surface area (Å²) in [5.41, 5.74) is 0. The molecule has 0 radical (unpaired) electrons. The van der Waals surface area contributed by atoms with Crippen LogP contribution in [0.4, 0.5) is 0 Å². The predicted octanol–water partition coefficient (Wildman–Crippen LogP) is 1.65. The highest BCUT2D eigenvalue weighted by molar-refractivity contribution is 7.89. The summed E-state index contributed by atoms with van der Waals surface area (Å²) in [6.45, 7) is 0.374. The molecule has 1 heterocycles. The van der Waals surface area contributed by atoms with Crippen LogP contribution in [0.1, 0.15) is 44.9 Å². The molecular formula is C18H26N2O4S. The fourth-order valence-electron chi connectivity index (χ4n) is 3.70. The first-order chi connectivity index (χ1) is 12.0. The number of aliphatic hydroxyl groups is 1. The van der Waals surface area contributed by atoms with E-state index in [0.29, 0.717) is 25.8 Å². The molecule has 1 aliphatic heterocycles. The third kappa shape index (κ3) is 4.22. The van der Waals surface area contributed by atoms with Crippen LogP contribution in [0.15, 0.2) is 35.2 Å². The molecule has 1 saturated carbocycles. The summed E-state index contributed by atoms with van der Waals surface area (Å²) in [6.07, 6.45) is 4.73. The Kier molecular flexibility index (Phi) is 5.76. The molecular weight excluding hydrogens is 340 g/mol. The Bertz CT molecular complexity index is 684. The van der Waals surface area contributed by atoms with E-state index in [-0.39, 0.29) is 22.9 Å². The zero-order chi connectivity index (χ0) is 17.9. The number of rotatable bonds is 4. The molecule has 0 bridgehead atoms. The zero-order valence-electron chi connectivity index (χ0n) is 14.3. The standard InChI is InChI=1S/C18H26N2O4S/c21-15-11-9-14(10-12-15)19-18(22)17-8-4-5-13-20(17)25(23,24)16-6-2-1-3-7-16/h1-3,6-7,14-15,17,21H,4-5,8-13H2,(H,19,22). The van der Waals surface area contributed by atoms with Gasteiger partial charge in [-0.3, -0.25) is 4.79 Å². The summed E-state index contributed by atoms with van der Waals surface area (Å²) in [5.74, 6) is -0.208. The lowest BCUT2D eigenvalue weighted by atomic mass is 9.92. The summed E-state index contributed by atoms with van der Waals surface area (Å²) in [5, 5.41) is 12.6. The van der Waals surface area contributed by atoms with Crippen molar-refractivity contribution in [2.45, 2.75) is 68.0 Å². The number of nitrogens with one attached hydrogen (secondary N) is 1. The molecule has 2 N–H and O–H groups in total. The largest absolute Gasteiger partial charge is 0.393 e. The van der Waals surface area contributed by atoms with Crippen LogP contribution in [-0.4, -0.2) is 48.5 Å². The Morgan fingerprint density at radius 3 is 2.40 bits per heavy atom. The van der Waals surface area contributed by atoms with Crippen molar-refractivity contribution in [3.63, 3.8) is 0 Å². The number of aliphatic hydroxyl groups excluding tert-OH is 1. The maximum absolute atomic E-state index is 13.0. The number of hydrogen-bond acceptors (Lipinski definition) is 4. The van der Waals surface area contributed by atoms with Gasteiger partial charge in [-0.2, -0.15) is 4.31 Å². The van der Waals surface area contributed by atoms with Crippen molar-refractivity contribution in [3.05, 3.63) is 30.3 Å². The van der Waals surface area contributed by atoms with E-state index >= 15 is 0 Å². The summed E-state index contributed by atoms with van der Waals surface area (Å²) in [7, 11) is -3.67. The van der Waals surface area contributed by atoms with Gasteiger partial charge >= 0.3 is 0 Å². The number of sulfonamides is 1. The van der Waals surface area contributed by atoms with Crippen LogP contribution in [0.2, 0.25) is 0 Å². The lowest BCUT2D eigenvalue weighted by Gasteiger charge is -2.35. The Morgan fingerprint density at radius 1 is 1.04 bits per heavy atom. The van der Waals surface area contributed by atoms with Crippen molar-refractivity contribution in [2.75, 3.05) is 6.54 Å². The Balaban J connectivity index is 1.73. The average Bonchev–Trinajstić information content (AvgIpc) is 2.64. The number of nitrogens with zero attached hydrogens (tertiary/aromatic N) is 1. The van der Waals surface area contributed by atoms with Gasteiger partial charge < -0.3 is 10.4 Å². The monoisotopic (exact) mass is 366 g/mol. The van der Waals surface area contributed by atoms with Gasteiger partial charge in [-0.15, -0.1) is 0 Å². The van der Waals surface area contributed by atoms with Crippen LogP contribution in [-0.2, 0) is 14.8 Å². The Hall–Kier alpha value is -1.44. The van der Waals surface area contributed by atoms with Gasteiger partial charge in [0.05, 0.1) is 11.0 Å². The minimum Gasteiger partial charge on any atom is -0.393 e. The van der Waals surface area contributed by atoms with Crippen molar-refractivity contribution in [2.24, 2.45) is 0 Å². The molecule has 138 valence electrons. The van der Waals surface area contributed by atoms with E-state index in [9.17, 15) is 18.3 Å². The molecule has 1 aromatic rings. The van der Waals surface area contributed by atoms with Crippen LogP contribution < -0.4 is 5.32 Å². The van der Waals surface area contributed by atoms with E-state index in [1.165, 1.54) is 4.31 Å². The van der Waals surface area contributed by atoms with E-state index in [1.807, 2.05) is 0 Å². The summed E-state index contributed by atoms with van der Waals surface area (Å²) >= 11 is 0. The fourth-order valence-corrected chi connectivity index (χ4v) is 5.38. The first-order valence-electron chi connectivity index (χ1n) is 9.04. The summed E-state index contributed by atoms with van der Waals surface area (Å²) in [4.78, 5) is 13.0. The van der Waals surface area contributed by atoms with Crippen LogP contribution in [0.25, 0.3) is 0 Å². The number of piperidine rings is 1. The van der Waals surface area contributed by atoms with E-state index in [0.717, 1.165) is 25.7 Å². The summed E-state index contributed by atoms with van der Waals surface area (Å²) < 4.78 is 27.3. The SMILES string of the molecule is O=C(NC1CCC(O)CC1)C1CCCCN1S(=O)(=O)c1ccccc1. The smallest absolute Gasteiger partial charge is 0.243 e. The highest BCUT2D eigenvalue weighted by Gasteiger charge is 2.38. The van der Waals surface area contributed by atoms with Gasteiger partial charge in [-0.05, 0) is 50.7 Å². The van der Waals surface area contributed by atoms with Crippen molar-refractivity contribution in [1.82, 2.24) is 9.62 Å². The minimum absolute atomic E-state index is 0.0269. The molecule has 1 aromatic carbocycles. The molecule has 1 saturated heterocycles. The molecule has 3 rings (SSSR count). The van der Waals surface area contributed by atoms with Crippen molar-refractivity contribution < 1.29 is 18.3 Å². The first kappa shape index (κ1) is 18.4. The van der Waals surface area contributed by atoms with Gasteiger partial charge in [0.15, 0.2) is 0 Å². The van der Waals surface area contributed by atoms with E-state index in [2.05, 4.69) is 5.32 Å². The van der Waals surface area contributed by atoms with Crippen molar-refractivity contribution in [1.29, 1.82) is 0 Å². The highest BCUT2D eigenvalue weighted by atomic mass is 32.2. The maximum atomic E-state index is 13.0. The highest BCUT2D eigenvalue weighted by Crippen LogP contribution is 2.26. The van der Waals surface area contributed by atoms with E-state index in [1.54, 1.807) is 30.3 Å². The molecule has 6 nitrogen and oxygen atoms in total. The second-order valence-electron chi connectivity index (χ2n) is 6.95. The van der Waals surface area contributed by atoms with Gasteiger partial charge in [0, 0.05) is 12.6 Å². The average molecular weight is 366 g/mol. The molecule has 1 unspecified atom stereocenters. The van der Waals surface area contributed by atoms with Crippen LogP contribution in [0.5, 0.6) is 0 Å². The zero-order valence-corrected chi connectivity index (χ0v) is 15.1. The quantitative estimate of drug-likeness (QED) is 0.848. The Morgan fingerprint density at radius 2 is 1.72 bits per heavy atom. The molecule has 2 fully saturated rings.